The number of rotatable bonds is 15. The predicted octanol–water partition coefficient (Wildman–Crippen LogP) is 1.98. The maximum Gasteiger partial charge on any atom is 0.306 e. The van der Waals surface area contributed by atoms with E-state index in [1.807, 2.05) is 0 Å². The number of thioether (sulfide) groups is 1. The first-order valence-electron chi connectivity index (χ1n) is 8.20. The van der Waals surface area contributed by atoms with Crippen molar-refractivity contribution in [1.29, 1.82) is 0 Å². The van der Waals surface area contributed by atoms with E-state index < -0.39 is 25.2 Å². The third-order valence-electron chi connectivity index (χ3n) is 3.64. The summed E-state index contributed by atoms with van der Waals surface area (Å²) in [6, 6.07) is 0. The molecule has 0 rings (SSSR count). The van der Waals surface area contributed by atoms with Crippen LogP contribution in [0, 0.1) is 5.41 Å². The highest BCUT2D eigenvalue weighted by atomic mass is 32.2. The van der Waals surface area contributed by atoms with E-state index in [4.69, 9.17) is 20.1 Å². The van der Waals surface area contributed by atoms with Crippen LogP contribution in [0.4, 0.5) is 0 Å². The highest BCUT2D eigenvalue weighted by Crippen LogP contribution is 2.16. The number of esters is 1. The summed E-state index contributed by atoms with van der Waals surface area (Å²) in [5.74, 6) is 1.43. The third-order valence-corrected chi connectivity index (χ3v) is 4.71. The van der Waals surface area contributed by atoms with Crippen LogP contribution in [0.2, 0.25) is 0 Å². The average molecular weight is 336 g/mol. The van der Waals surface area contributed by atoms with Crippen molar-refractivity contribution in [3.63, 3.8) is 0 Å². The molecule has 0 atom stereocenters. The van der Waals surface area contributed by atoms with Gasteiger partial charge in [0.15, 0.2) is 0 Å². The Labute approximate surface area is 138 Å². The fourth-order valence-corrected chi connectivity index (χ4v) is 2.76. The van der Waals surface area contributed by atoms with Crippen LogP contribution in [0.25, 0.3) is 0 Å². The van der Waals surface area contributed by atoms with Gasteiger partial charge in [0.1, 0.15) is 6.61 Å². The smallest absolute Gasteiger partial charge is 0.306 e. The molecule has 0 unspecified atom stereocenters. The molecule has 0 bridgehead atoms. The lowest BCUT2D eigenvalue weighted by Crippen LogP contribution is -2.39. The second kappa shape index (κ2) is 14.3. The van der Waals surface area contributed by atoms with Gasteiger partial charge in [0, 0.05) is 5.75 Å². The monoisotopic (exact) mass is 336 g/mol. The summed E-state index contributed by atoms with van der Waals surface area (Å²) >= 11 is 1.75. The van der Waals surface area contributed by atoms with Crippen LogP contribution in [0.3, 0.4) is 0 Å². The highest BCUT2D eigenvalue weighted by Gasteiger charge is 2.29. The van der Waals surface area contributed by atoms with Gasteiger partial charge in [0.25, 0.3) is 0 Å². The van der Waals surface area contributed by atoms with Crippen LogP contribution in [0.15, 0.2) is 0 Å². The van der Waals surface area contributed by atoms with Gasteiger partial charge in [-0.2, -0.15) is 11.8 Å². The molecule has 6 heteroatoms. The van der Waals surface area contributed by atoms with Crippen molar-refractivity contribution in [2.45, 2.75) is 51.9 Å². The lowest BCUT2D eigenvalue weighted by molar-refractivity contribution is -0.150. The number of aliphatic hydroxyl groups is 3. The molecule has 5 nitrogen and oxygen atoms in total. The molecule has 0 saturated heterocycles. The van der Waals surface area contributed by atoms with Crippen molar-refractivity contribution in [1.82, 2.24) is 0 Å². The van der Waals surface area contributed by atoms with Gasteiger partial charge < -0.3 is 20.1 Å². The van der Waals surface area contributed by atoms with Crippen LogP contribution in [0.5, 0.6) is 0 Å². The largest absolute Gasteiger partial charge is 0.465 e. The molecule has 3 N–H and O–H groups in total. The molecular weight excluding hydrogens is 304 g/mol. The number of carbonyl (C=O) groups excluding carboxylic acids is 1. The SMILES string of the molecule is CCCCCCCCSCCC(=O)OCC(CO)(CO)CO. The second-order valence-electron chi connectivity index (χ2n) is 5.77. The van der Waals surface area contributed by atoms with Gasteiger partial charge in [-0.15, -0.1) is 0 Å². The number of ether oxygens (including phenoxy) is 1. The zero-order valence-electron chi connectivity index (χ0n) is 13.8. The molecule has 0 fully saturated rings. The molecule has 0 aromatic carbocycles. The standard InChI is InChI=1S/C16H32O5S/c1-2-3-4-5-6-7-9-22-10-8-15(20)21-14-16(11-17,12-18)13-19/h17-19H,2-14H2,1H3. The Morgan fingerprint density at radius 3 is 2.14 bits per heavy atom. The molecule has 0 aliphatic rings. The fraction of sp³-hybridized carbons (Fsp3) is 0.938. The molecule has 0 aromatic rings. The van der Waals surface area contributed by atoms with E-state index in [9.17, 15) is 4.79 Å². The molecular formula is C16H32O5S. The summed E-state index contributed by atoms with van der Waals surface area (Å²) < 4.78 is 5.02. The van der Waals surface area contributed by atoms with E-state index in [-0.39, 0.29) is 12.6 Å². The van der Waals surface area contributed by atoms with E-state index >= 15 is 0 Å². The molecule has 0 aromatic heterocycles. The molecule has 0 aliphatic heterocycles. The summed E-state index contributed by atoms with van der Waals surface area (Å²) in [6.45, 7) is 0.804. The first-order chi connectivity index (χ1) is 10.6. The lowest BCUT2D eigenvalue weighted by atomic mass is 9.93. The number of hydrogen-bond acceptors (Lipinski definition) is 6. The minimum absolute atomic E-state index is 0.155. The molecule has 0 aliphatic carbocycles. The maximum atomic E-state index is 11.6. The number of hydrogen-bond donors (Lipinski definition) is 3. The molecule has 22 heavy (non-hydrogen) atoms. The van der Waals surface area contributed by atoms with Crippen molar-refractivity contribution in [3.8, 4) is 0 Å². The van der Waals surface area contributed by atoms with Crippen molar-refractivity contribution >= 4 is 17.7 Å². The van der Waals surface area contributed by atoms with E-state index in [0.29, 0.717) is 6.42 Å². The zero-order chi connectivity index (χ0) is 16.7. The van der Waals surface area contributed by atoms with Crippen LogP contribution in [0.1, 0.15) is 51.9 Å². The molecule has 0 radical (unpaired) electrons. The average Bonchev–Trinajstić information content (AvgIpc) is 2.55. The Morgan fingerprint density at radius 1 is 0.955 bits per heavy atom. The van der Waals surface area contributed by atoms with E-state index in [2.05, 4.69) is 6.92 Å². The normalized spacial score (nSPS) is 11.6. The Kier molecular flexibility index (Phi) is 14.1. The topological polar surface area (TPSA) is 87.0 Å². The molecule has 0 spiro atoms. The van der Waals surface area contributed by atoms with Gasteiger partial charge in [-0.05, 0) is 12.2 Å². The minimum atomic E-state index is -1.14. The van der Waals surface area contributed by atoms with Crippen LogP contribution in [-0.4, -0.2) is 59.2 Å². The van der Waals surface area contributed by atoms with Gasteiger partial charge >= 0.3 is 5.97 Å². The van der Waals surface area contributed by atoms with Crippen molar-refractivity contribution in [2.24, 2.45) is 5.41 Å². The lowest BCUT2D eigenvalue weighted by Gasteiger charge is -2.26. The van der Waals surface area contributed by atoms with Gasteiger partial charge in [0.2, 0.25) is 0 Å². The predicted molar refractivity (Wildman–Crippen MR) is 90.0 cm³/mol. The first-order valence-corrected chi connectivity index (χ1v) is 9.35. The van der Waals surface area contributed by atoms with Crippen LogP contribution in [-0.2, 0) is 9.53 Å². The van der Waals surface area contributed by atoms with E-state index in [0.717, 1.165) is 11.5 Å². The van der Waals surface area contributed by atoms with Gasteiger partial charge in [-0.1, -0.05) is 39.0 Å². The Hall–Kier alpha value is -0.300. The van der Waals surface area contributed by atoms with Crippen molar-refractivity contribution in [2.75, 3.05) is 37.9 Å². The van der Waals surface area contributed by atoms with Gasteiger partial charge in [0.05, 0.1) is 31.7 Å². The Bertz CT molecular complexity index is 261. The van der Waals surface area contributed by atoms with Crippen LogP contribution < -0.4 is 0 Å². The first kappa shape index (κ1) is 21.7. The summed E-state index contributed by atoms with van der Waals surface area (Å²) in [5.41, 5.74) is -1.14. The third kappa shape index (κ3) is 10.4. The summed E-state index contributed by atoms with van der Waals surface area (Å²) in [6.07, 6.45) is 7.95. The Morgan fingerprint density at radius 2 is 1.55 bits per heavy atom. The minimum Gasteiger partial charge on any atom is -0.465 e. The van der Waals surface area contributed by atoms with Crippen molar-refractivity contribution in [3.05, 3.63) is 0 Å². The molecule has 0 heterocycles. The van der Waals surface area contributed by atoms with E-state index in [1.165, 1.54) is 38.5 Å². The molecule has 0 saturated carbocycles. The van der Waals surface area contributed by atoms with Crippen LogP contribution >= 0.6 is 11.8 Å². The number of carbonyl (C=O) groups is 1. The van der Waals surface area contributed by atoms with Crippen molar-refractivity contribution < 1.29 is 24.9 Å². The fourth-order valence-electron chi connectivity index (χ4n) is 1.83. The van der Waals surface area contributed by atoms with Gasteiger partial charge in [-0.3, -0.25) is 4.79 Å². The summed E-state index contributed by atoms with van der Waals surface area (Å²) in [4.78, 5) is 11.6. The molecule has 132 valence electrons. The van der Waals surface area contributed by atoms with E-state index in [1.54, 1.807) is 11.8 Å². The maximum absolute atomic E-state index is 11.6. The van der Waals surface area contributed by atoms with Gasteiger partial charge in [-0.25, -0.2) is 0 Å². The summed E-state index contributed by atoms with van der Waals surface area (Å²) in [5, 5.41) is 27.4. The second-order valence-corrected chi connectivity index (χ2v) is 6.99. The number of aliphatic hydroxyl groups excluding tert-OH is 3. The highest BCUT2D eigenvalue weighted by molar-refractivity contribution is 7.99. The quantitative estimate of drug-likeness (QED) is 0.313. The zero-order valence-corrected chi connectivity index (χ0v) is 14.6. The molecule has 0 amide bonds. The Balaban J connectivity index is 3.54. The number of unbranched alkanes of at least 4 members (excludes halogenated alkanes) is 5. The summed E-state index contributed by atoms with van der Waals surface area (Å²) in [7, 11) is 0.